The highest BCUT2D eigenvalue weighted by Gasteiger charge is 2.29. The van der Waals surface area contributed by atoms with E-state index in [9.17, 15) is 4.21 Å². The highest BCUT2D eigenvalue weighted by Crippen LogP contribution is 2.42. The van der Waals surface area contributed by atoms with Crippen molar-refractivity contribution in [2.45, 2.75) is 15.4 Å². The Morgan fingerprint density at radius 1 is 1.71 bits per heavy atom. The summed E-state index contributed by atoms with van der Waals surface area (Å²) in [6.07, 6.45) is 0. The Morgan fingerprint density at radius 3 is 2.50 bits per heavy atom. The Kier molecular flexibility index (Phi) is 6.74. The molecule has 9 heteroatoms. The van der Waals surface area contributed by atoms with E-state index in [-0.39, 0.29) is 6.54 Å². The molecule has 0 aromatic rings. The molecule has 2 atom stereocenters. The predicted octanol–water partition coefficient (Wildman–Crippen LogP) is 2.36. The van der Waals surface area contributed by atoms with E-state index in [0.29, 0.717) is 0 Å². The van der Waals surface area contributed by atoms with Crippen LogP contribution in [-0.2, 0) is 11.3 Å². The SMILES string of the molecule is CC(SC(Cl)(Cl)Cl)N(CC#N)S(=O)O. The number of thioether (sulfide) groups is 1. The molecular weight excluding hydrogens is 291 g/mol. The standard InChI is InChI=1S/C5H7Cl3N2O2S2/c1-4(13-5(6,7)8)10(3-2-9)14(11)12/h4H,3H2,1H3,(H,11,12). The molecule has 0 amide bonds. The molecule has 0 aliphatic heterocycles. The minimum atomic E-state index is -2.25. The molecule has 0 aromatic carbocycles. The first kappa shape index (κ1) is 14.8. The van der Waals surface area contributed by atoms with E-state index in [1.54, 1.807) is 13.0 Å². The molecule has 14 heavy (non-hydrogen) atoms. The number of halogens is 3. The molecule has 0 rings (SSSR count). The van der Waals surface area contributed by atoms with Gasteiger partial charge in [-0.05, 0) is 6.92 Å². The summed E-state index contributed by atoms with van der Waals surface area (Å²) in [6.45, 7) is 1.36. The monoisotopic (exact) mass is 296 g/mol. The fourth-order valence-electron chi connectivity index (χ4n) is 0.633. The van der Waals surface area contributed by atoms with Crippen molar-refractivity contribution in [1.82, 2.24) is 4.31 Å². The topological polar surface area (TPSA) is 64.3 Å². The maximum atomic E-state index is 10.8. The molecule has 4 nitrogen and oxygen atoms in total. The van der Waals surface area contributed by atoms with E-state index in [2.05, 4.69) is 0 Å². The molecule has 0 aliphatic carbocycles. The van der Waals surface area contributed by atoms with Crippen LogP contribution in [-0.4, -0.2) is 28.1 Å². The van der Waals surface area contributed by atoms with E-state index >= 15 is 0 Å². The van der Waals surface area contributed by atoms with Gasteiger partial charge in [-0.3, -0.25) is 4.55 Å². The van der Waals surface area contributed by atoms with Crippen molar-refractivity contribution in [1.29, 1.82) is 5.26 Å². The highest BCUT2D eigenvalue weighted by atomic mass is 35.6. The Bertz CT molecular complexity index is 252. The summed E-state index contributed by atoms with van der Waals surface area (Å²) in [5.41, 5.74) is 0. The van der Waals surface area contributed by atoms with Gasteiger partial charge in [0.15, 0.2) is 0 Å². The molecule has 0 aliphatic rings. The summed E-state index contributed by atoms with van der Waals surface area (Å²) >= 11 is 15.0. The Hall–Kier alpha value is 0.780. The lowest BCUT2D eigenvalue weighted by atomic mass is 10.6. The smallest absolute Gasteiger partial charge is 0.238 e. The molecule has 1 N–H and O–H groups in total. The lowest BCUT2D eigenvalue weighted by Gasteiger charge is -2.24. The van der Waals surface area contributed by atoms with Gasteiger partial charge in [0.2, 0.25) is 14.4 Å². The number of hydrogen-bond donors (Lipinski definition) is 1. The van der Waals surface area contributed by atoms with Crippen LogP contribution in [0.15, 0.2) is 0 Å². The molecular formula is C5H7Cl3N2O2S2. The van der Waals surface area contributed by atoms with Gasteiger partial charge in [-0.2, -0.15) is 9.57 Å². The van der Waals surface area contributed by atoms with Crippen LogP contribution in [0.2, 0.25) is 0 Å². The van der Waals surface area contributed by atoms with E-state index in [0.717, 1.165) is 16.1 Å². The lowest BCUT2D eigenvalue weighted by molar-refractivity contribution is 0.422. The summed E-state index contributed by atoms with van der Waals surface area (Å²) in [6, 6.07) is 1.75. The fourth-order valence-corrected chi connectivity index (χ4v) is 3.14. The summed E-state index contributed by atoms with van der Waals surface area (Å²) < 4.78 is 19.0. The molecule has 0 heterocycles. The molecule has 0 saturated carbocycles. The Morgan fingerprint density at radius 2 is 2.21 bits per heavy atom. The molecule has 0 fully saturated rings. The van der Waals surface area contributed by atoms with Crippen LogP contribution < -0.4 is 0 Å². The van der Waals surface area contributed by atoms with Crippen LogP contribution in [0.3, 0.4) is 0 Å². The second-order valence-electron chi connectivity index (χ2n) is 2.13. The largest absolute Gasteiger partial charge is 0.294 e. The Labute approximate surface area is 104 Å². The minimum Gasteiger partial charge on any atom is -0.294 e. The molecule has 82 valence electrons. The third-order valence-corrected chi connectivity index (χ3v) is 3.78. The number of nitrogens with zero attached hydrogens (tertiary/aromatic N) is 2. The van der Waals surface area contributed by atoms with Crippen molar-refractivity contribution in [3.63, 3.8) is 0 Å². The van der Waals surface area contributed by atoms with Crippen LogP contribution >= 0.6 is 46.6 Å². The number of nitriles is 1. The van der Waals surface area contributed by atoms with Crippen LogP contribution in [0.4, 0.5) is 0 Å². The quantitative estimate of drug-likeness (QED) is 0.374. The zero-order valence-electron chi connectivity index (χ0n) is 6.98. The van der Waals surface area contributed by atoms with E-state index in [4.69, 9.17) is 44.6 Å². The first-order valence-electron chi connectivity index (χ1n) is 3.27. The van der Waals surface area contributed by atoms with E-state index in [1.165, 1.54) is 0 Å². The summed E-state index contributed by atoms with van der Waals surface area (Å²) in [5, 5.41) is 7.84. The average molecular weight is 298 g/mol. The van der Waals surface area contributed by atoms with Crippen molar-refractivity contribution in [2.75, 3.05) is 6.54 Å². The van der Waals surface area contributed by atoms with Crippen LogP contribution in [0, 0.1) is 11.3 Å². The van der Waals surface area contributed by atoms with Gasteiger partial charge >= 0.3 is 0 Å². The summed E-state index contributed by atoms with van der Waals surface area (Å²) in [5.74, 6) is 0. The van der Waals surface area contributed by atoms with Crippen molar-refractivity contribution in [2.24, 2.45) is 0 Å². The molecule has 0 aromatic heterocycles. The van der Waals surface area contributed by atoms with Crippen LogP contribution in [0.5, 0.6) is 0 Å². The van der Waals surface area contributed by atoms with Gasteiger partial charge in [-0.1, -0.05) is 46.6 Å². The van der Waals surface area contributed by atoms with Crippen molar-refractivity contribution in [3.8, 4) is 6.07 Å². The molecule has 0 bridgehead atoms. The molecule has 0 saturated heterocycles. The molecule has 0 spiro atoms. The minimum absolute atomic E-state index is 0.210. The maximum Gasteiger partial charge on any atom is 0.238 e. The van der Waals surface area contributed by atoms with Gasteiger partial charge in [0.25, 0.3) is 0 Å². The van der Waals surface area contributed by atoms with Gasteiger partial charge in [-0.15, -0.1) is 0 Å². The van der Waals surface area contributed by atoms with Gasteiger partial charge in [0.05, 0.1) is 11.4 Å². The normalized spacial score (nSPS) is 16.4. The Balaban J connectivity index is 4.38. The van der Waals surface area contributed by atoms with E-state index in [1.807, 2.05) is 0 Å². The summed E-state index contributed by atoms with van der Waals surface area (Å²) in [4.78, 5) is 0. The van der Waals surface area contributed by atoms with Crippen molar-refractivity contribution in [3.05, 3.63) is 0 Å². The van der Waals surface area contributed by atoms with E-state index < -0.39 is 19.8 Å². The first-order chi connectivity index (χ1) is 6.28. The summed E-state index contributed by atoms with van der Waals surface area (Å²) in [7, 11) is 0. The van der Waals surface area contributed by atoms with Crippen molar-refractivity contribution >= 4 is 57.8 Å². The number of rotatable bonds is 4. The van der Waals surface area contributed by atoms with Crippen molar-refractivity contribution < 1.29 is 8.76 Å². The van der Waals surface area contributed by atoms with Gasteiger partial charge in [0.1, 0.15) is 6.54 Å². The van der Waals surface area contributed by atoms with Gasteiger partial charge in [-0.25, -0.2) is 4.21 Å². The predicted molar refractivity (Wildman–Crippen MR) is 60.4 cm³/mol. The second kappa shape index (κ2) is 6.38. The van der Waals surface area contributed by atoms with Gasteiger partial charge in [0, 0.05) is 0 Å². The van der Waals surface area contributed by atoms with Crippen LogP contribution in [0.1, 0.15) is 6.92 Å². The second-order valence-corrected chi connectivity index (χ2v) is 7.54. The zero-order chi connectivity index (χ0) is 11.4. The molecule has 0 radical (unpaired) electrons. The maximum absolute atomic E-state index is 10.8. The fraction of sp³-hybridized carbons (Fsp3) is 0.800. The third kappa shape index (κ3) is 6.30. The number of alkyl halides is 3. The lowest BCUT2D eigenvalue weighted by Crippen LogP contribution is -2.34. The first-order valence-corrected chi connectivity index (χ1v) is 6.34. The zero-order valence-corrected chi connectivity index (χ0v) is 10.9. The highest BCUT2D eigenvalue weighted by molar-refractivity contribution is 8.05. The average Bonchev–Trinajstić information content (AvgIpc) is 1.95. The molecule has 2 unspecified atom stereocenters. The number of hydrogen-bond acceptors (Lipinski definition) is 3. The van der Waals surface area contributed by atoms with Crippen LogP contribution in [0.25, 0.3) is 0 Å². The third-order valence-electron chi connectivity index (χ3n) is 1.14. The van der Waals surface area contributed by atoms with Gasteiger partial charge < -0.3 is 0 Å².